The van der Waals surface area contributed by atoms with Gasteiger partial charge in [0.25, 0.3) is 0 Å². The van der Waals surface area contributed by atoms with Crippen molar-refractivity contribution in [3.63, 3.8) is 0 Å². The largest absolute Gasteiger partial charge is 0.298 e. The van der Waals surface area contributed by atoms with E-state index < -0.39 is 0 Å². The van der Waals surface area contributed by atoms with Crippen molar-refractivity contribution in [3.05, 3.63) is 76.4 Å². The van der Waals surface area contributed by atoms with Crippen molar-refractivity contribution in [3.8, 4) is 0 Å². The van der Waals surface area contributed by atoms with E-state index >= 15 is 0 Å². The summed E-state index contributed by atoms with van der Waals surface area (Å²) in [5.74, 6) is 0. The van der Waals surface area contributed by atoms with Crippen LogP contribution < -0.4 is 0 Å². The summed E-state index contributed by atoms with van der Waals surface area (Å²) in [5, 5.41) is 0. The molecule has 0 spiro atoms. The molecule has 2 aromatic carbocycles. The zero-order valence-electron chi connectivity index (χ0n) is 11.0. The summed E-state index contributed by atoms with van der Waals surface area (Å²) in [6, 6.07) is 16.7. The number of aryl methyl sites for hydroxylation is 2. The zero-order valence-corrected chi connectivity index (χ0v) is 11.0. The van der Waals surface area contributed by atoms with E-state index in [0.717, 1.165) is 30.3 Å². The number of aldehydes is 1. The number of fused-ring (bicyclic) bond motifs is 1. The minimum Gasteiger partial charge on any atom is -0.298 e. The number of hydrogen-bond donors (Lipinski definition) is 0. The molecule has 19 heavy (non-hydrogen) atoms. The number of allylic oxidation sites excluding steroid dienone is 1. The lowest BCUT2D eigenvalue weighted by Gasteiger charge is -2.22. The van der Waals surface area contributed by atoms with Gasteiger partial charge in [0.15, 0.2) is 0 Å². The van der Waals surface area contributed by atoms with Gasteiger partial charge in [-0.3, -0.25) is 4.79 Å². The van der Waals surface area contributed by atoms with Gasteiger partial charge in [-0.15, -0.1) is 0 Å². The molecule has 0 unspecified atom stereocenters. The average molecular weight is 248 g/mol. The second-order valence-corrected chi connectivity index (χ2v) is 4.99. The van der Waals surface area contributed by atoms with Crippen LogP contribution in [0.25, 0.3) is 5.57 Å². The molecule has 0 aromatic heterocycles. The number of rotatable bonds is 2. The number of carbonyl (C=O) groups is 1. The molecule has 2 aromatic rings. The van der Waals surface area contributed by atoms with E-state index in [0.29, 0.717) is 0 Å². The van der Waals surface area contributed by atoms with Gasteiger partial charge in [0.2, 0.25) is 0 Å². The van der Waals surface area contributed by atoms with Crippen molar-refractivity contribution in [2.24, 2.45) is 0 Å². The van der Waals surface area contributed by atoms with Gasteiger partial charge in [0.05, 0.1) is 0 Å². The Kier molecular flexibility index (Phi) is 3.04. The fourth-order valence-corrected chi connectivity index (χ4v) is 2.84. The van der Waals surface area contributed by atoms with Crippen molar-refractivity contribution in [1.82, 2.24) is 0 Å². The van der Waals surface area contributed by atoms with Crippen LogP contribution in [0.15, 0.2) is 54.1 Å². The van der Waals surface area contributed by atoms with Gasteiger partial charge in [-0.1, -0.05) is 48.5 Å². The molecule has 1 nitrogen and oxygen atoms in total. The molecule has 0 atom stereocenters. The third-order valence-electron chi connectivity index (χ3n) is 3.83. The molecule has 0 saturated carbocycles. The number of benzene rings is 2. The molecule has 94 valence electrons. The SMILES string of the molecule is Cc1ccccc1C1=C(C=O)CCc2ccccc21. The molecule has 1 aliphatic carbocycles. The Labute approximate surface area is 113 Å². The molecule has 0 saturated heterocycles. The lowest BCUT2D eigenvalue weighted by atomic mass is 9.81. The summed E-state index contributed by atoms with van der Waals surface area (Å²) in [5.41, 5.74) is 6.99. The van der Waals surface area contributed by atoms with Crippen molar-refractivity contribution < 1.29 is 4.79 Å². The van der Waals surface area contributed by atoms with Crippen LogP contribution >= 0.6 is 0 Å². The van der Waals surface area contributed by atoms with Gasteiger partial charge in [0.1, 0.15) is 6.29 Å². The molecule has 0 amide bonds. The van der Waals surface area contributed by atoms with Crippen molar-refractivity contribution in [2.75, 3.05) is 0 Å². The first-order chi connectivity index (χ1) is 9.31. The van der Waals surface area contributed by atoms with Crippen LogP contribution in [0.2, 0.25) is 0 Å². The van der Waals surface area contributed by atoms with E-state index in [4.69, 9.17) is 0 Å². The van der Waals surface area contributed by atoms with Crippen LogP contribution in [0.4, 0.5) is 0 Å². The zero-order chi connectivity index (χ0) is 13.2. The standard InChI is InChI=1S/C18H16O/c1-13-6-2-4-8-16(13)18-15(12-19)11-10-14-7-3-5-9-17(14)18/h2-9,12H,10-11H2,1H3. The first-order valence-electron chi connectivity index (χ1n) is 6.64. The highest BCUT2D eigenvalue weighted by atomic mass is 16.1. The van der Waals surface area contributed by atoms with E-state index in [1.165, 1.54) is 22.3 Å². The van der Waals surface area contributed by atoms with E-state index in [1.54, 1.807) is 0 Å². The Morgan fingerprint density at radius 1 is 0.895 bits per heavy atom. The quantitative estimate of drug-likeness (QED) is 0.736. The fourth-order valence-electron chi connectivity index (χ4n) is 2.84. The maximum atomic E-state index is 11.4. The monoisotopic (exact) mass is 248 g/mol. The Morgan fingerprint density at radius 3 is 2.32 bits per heavy atom. The number of carbonyl (C=O) groups excluding carboxylic acids is 1. The van der Waals surface area contributed by atoms with Crippen LogP contribution in [0.1, 0.15) is 28.7 Å². The Hall–Kier alpha value is -2.15. The summed E-state index contributed by atoms with van der Waals surface area (Å²) in [4.78, 5) is 11.4. The summed E-state index contributed by atoms with van der Waals surface area (Å²) in [6.45, 7) is 2.10. The van der Waals surface area contributed by atoms with E-state index in [2.05, 4.69) is 37.3 Å². The molecule has 0 radical (unpaired) electrons. The van der Waals surface area contributed by atoms with Gasteiger partial charge in [-0.2, -0.15) is 0 Å². The van der Waals surface area contributed by atoms with Crippen LogP contribution in [0, 0.1) is 6.92 Å². The smallest absolute Gasteiger partial charge is 0.146 e. The Morgan fingerprint density at radius 2 is 1.58 bits per heavy atom. The second kappa shape index (κ2) is 4.85. The maximum absolute atomic E-state index is 11.4. The average Bonchev–Trinajstić information content (AvgIpc) is 2.47. The highest BCUT2D eigenvalue weighted by Gasteiger charge is 2.20. The minimum absolute atomic E-state index is 0.837. The maximum Gasteiger partial charge on any atom is 0.146 e. The Balaban J connectivity index is 2.29. The molecule has 0 N–H and O–H groups in total. The lowest BCUT2D eigenvalue weighted by Crippen LogP contribution is -2.07. The van der Waals surface area contributed by atoms with Crippen LogP contribution in [-0.2, 0) is 11.2 Å². The van der Waals surface area contributed by atoms with Crippen molar-refractivity contribution >= 4 is 11.9 Å². The van der Waals surface area contributed by atoms with Gasteiger partial charge in [-0.25, -0.2) is 0 Å². The normalized spacial score (nSPS) is 14.2. The van der Waals surface area contributed by atoms with Gasteiger partial charge in [-0.05, 0) is 47.6 Å². The third kappa shape index (κ3) is 2.01. The summed E-state index contributed by atoms with van der Waals surface area (Å²) >= 11 is 0. The van der Waals surface area contributed by atoms with Crippen LogP contribution in [-0.4, -0.2) is 6.29 Å². The topological polar surface area (TPSA) is 17.1 Å². The summed E-state index contributed by atoms with van der Waals surface area (Å²) < 4.78 is 0. The summed E-state index contributed by atoms with van der Waals surface area (Å²) in [7, 11) is 0. The molecule has 0 aliphatic heterocycles. The molecular weight excluding hydrogens is 232 g/mol. The minimum atomic E-state index is 0.837. The molecule has 3 rings (SSSR count). The number of hydrogen-bond acceptors (Lipinski definition) is 1. The van der Waals surface area contributed by atoms with Gasteiger partial charge >= 0.3 is 0 Å². The molecular formula is C18H16O. The molecule has 0 heterocycles. The lowest BCUT2D eigenvalue weighted by molar-refractivity contribution is -0.105. The van der Waals surface area contributed by atoms with E-state index in [1.807, 2.05) is 18.2 Å². The van der Waals surface area contributed by atoms with Crippen molar-refractivity contribution in [1.29, 1.82) is 0 Å². The molecule has 1 heteroatoms. The molecule has 0 fully saturated rings. The predicted molar refractivity (Wildman–Crippen MR) is 78.0 cm³/mol. The third-order valence-corrected chi connectivity index (χ3v) is 3.83. The highest BCUT2D eigenvalue weighted by Crippen LogP contribution is 2.36. The first kappa shape index (κ1) is 11.9. The Bertz CT molecular complexity index is 665. The summed E-state index contributed by atoms with van der Waals surface area (Å²) in [6.07, 6.45) is 2.82. The highest BCUT2D eigenvalue weighted by molar-refractivity contribution is 5.97. The van der Waals surface area contributed by atoms with Crippen LogP contribution in [0.5, 0.6) is 0 Å². The predicted octanol–water partition coefficient (Wildman–Crippen LogP) is 3.94. The first-order valence-corrected chi connectivity index (χ1v) is 6.64. The van der Waals surface area contributed by atoms with Crippen LogP contribution in [0.3, 0.4) is 0 Å². The van der Waals surface area contributed by atoms with E-state index in [9.17, 15) is 4.79 Å². The molecule has 1 aliphatic rings. The fraction of sp³-hybridized carbons (Fsp3) is 0.167. The molecule has 0 bridgehead atoms. The van der Waals surface area contributed by atoms with Gasteiger partial charge < -0.3 is 0 Å². The second-order valence-electron chi connectivity index (χ2n) is 4.99. The van der Waals surface area contributed by atoms with Gasteiger partial charge in [0, 0.05) is 5.57 Å². The van der Waals surface area contributed by atoms with E-state index in [-0.39, 0.29) is 0 Å². The van der Waals surface area contributed by atoms with Crippen molar-refractivity contribution in [2.45, 2.75) is 19.8 Å².